The van der Waals surface area contributed by atoms with Gasteiger partial charge in [0.1, 0.15) is 5.75 Å². The zero-order chi connectivity index (χ0) is 9.97. The van der Waals surface area contributed by atoms with Crippen molar-refractivity contribution >= 4 is 0 Å². The van der Waals surface area contributed by atoms with Gasteiger partial charge in [-0.05, 0) is 43.0 Å². The second kappa shape index (κ2) is 4.01. The van der Waals surface area contributed by atoms with E-state index < -0.39 is 0 Å². The molecule has 14 heavy (non-hydrogen) atoms. The zero-order valence-corrected chi connectivity index (χ0v) is 8.53. The van der Waals surface area contributed by atoms with Crippen LogP contribution in [-0.2, 0) is 0 Å². The van der Waals surface area contributed by atoms with Crippen molar-refractivity contribution in [1.82, 2.24) is 5.32 Å². The van der Waals surface area contributed by atoms with Gasteiger partial charge in [-0.15, -0.1) is 0 Å². The summed E-state index contributed by atoms with van der Waals surface area (Å²) in [5.74, 6) is 1.14. The van der Waals surface area contributed by atoms with Crippen molar-refractivity contribution in [3.8, 4) is 5.75 Å². The quantitative estimate of drug-likeness (QED) is 0.714. The molecule has 0 aliphatic carbocycles. The van der Waals surface area contributed by atoms with E-state index in [0.717, 1.165) is 12.5 Å². The molecule has 2 nitrogen and oxygen atoms in total. The van der Waals surface area contributed by atoms with Crippen LogP contribution in [-0.4, -0.2) is 11.7 Å². The highest BCUT2D eigenvalue weighted by Crippen LogP contribution is 2.26. The molecule has 0 aromatic heterocycles. The van der Waals surface area contributed by atoms with Crippen molar-refractivity contribution in [2.24, 2.45) is 5.92 Å². The Kier molecular flexibility index (Phi) is 2.73. The standard InChI is InChI=1S/C12H17NO/c1-9-2-7-12(13-8-9)10-3-5-11(14)6-4-10/h3-6,9,12-14H,2,7-8H2,1H3/t9-,12+/m1/s1. The normalized spacial score (nSPS) is 27.5. The summed E-state index contributed by atoms with van der Waals surface area (Å²) in [5, 5.41) is 12.7. The third-order valence-corrected chi connectivity index (χ3v) is 2.96. The van der Waals surface area contributed by atoms with E-state index in [-0.39, 0.29) is 0 Å². The summed E-state index contributed by atoms with van der Waals surface area (Å²) >= 11 is 0. The fraction of sp³-hybridized carbons (Fsp3) is 0.500. The number of hydrogen-bond donors (Lipinski definition) is 2. The number of benzene rings is 1. The first kappa shape index (κ1) is 9.53. The fourth-order valence-electron chi connectivity index (χ4n) is 1.99. The molecule has 0 spiro atoms. The number of phenols is 1. The fourth-order valence-corrected chi connectivity index (χ4v) is 1.99. The molecule has 1 aliphatic heterocycles. The molecule has 0 bridgehead atoms. The Morgan fingerprint density at radius 3 is 2.50 bits per heavy atom. The Morgan fingerprint density at radius 2 is 1.93 bits per heavy atom. The molecule has 0 amide bonds. The number of rotatable bonds is 1. The summed E-state index contributed by atoms with van der Waals surface area (Å²) in [6.45, 7) is 3.38. The molecular formula is C12H17NO. The zero-order valence-electron chi connectivity index (χ0n) is 8.53. The van der Waals surface area contributed by atoms with E-state index in [0.29, 0.717) is 11.8 Å². The van der Waals surface area contributed by atoms with Gasteiger partial charge < -0.3 is 10.4 Å². The van der Waals surface area contributed by atoms with Crippen LogP contribution in [0.1, 0.15) is 31.4 Å². The average molecular weight is 191 g/mol. The first-order valence-electron chi connectivity index (χ1n) is 5.28. The maximum Gasteiger partial charge on any atom is 0.115 e. The van der Waals surface area contributed by atoms with E-state index in [4.69, 9.17) is 0 Å². The van der Waals surface area contributed by atoms with Gasteiger partial charge in [0.05, 0.1) is 0 Å². The van der Waals surface area contributed by atoms with Crippen molar-refractivity contribution in [3.63, 3.8) is 0 Å². The van der Waals surface area contributed by atoms with E-state index in [1.807, 2.05) is 12.1 Å². The predicted molar refractivity (Wildman–Crippen MR) is 57.2 cm³/mol. The number of hydrogen-bond acceptors (Lipinski definition) is 2. The second-order valence-electron chi connectivity index (χ2n) is 4.23. The van der Waals surface area contributed by atoms with Crippen molar-refractivity contribution in [2.45, 2.75) is 25.8 Å². The molecule has 1 fully saturated rings. The lowest BCUT2D eigenvalue weighted by Crippen LogP contribution is -2.31. The number of aromatic hydroxyl groups is 1. The SMILES string of the molecule is C[C@@H]1CC[C@@H](c2ccc(O)cc2)NC1. The third kappa shape index (κ3) is 2.07. The summed E-state index contributed by atoms with van der Waals surface area (Å²) in [5.41, 5.74) is 1.29. The molecule has 2 rings (SSSR count). The Labute approximate surface area is 85.0 Å². The van der Waals surface area contributed by atoms with E-state index in [2.05, 4.69) is 12.2 Å². The summed E-state index contributed by atoms with van der Waals surface area (Å²) < 4.78 is 0. The van der Waals surface area contributed by atoms with Crippen LogP contribution in [0.3, 0.4) is 0 Å². The summed E-state index contributed by atoms with van der Waals surface area (Å²) in [6, 6.07) is 8.00. The van der Waals surface area contributed by atoms with Crippen LogP contribution in [0.25, 0.3) is 0 Å². The largest absolute Gasteiger partial charge is 0.508 e. The Hall–Kier alpha value is -1.02. The van der Waals surface area contributed by atoms with Crippen LogP contribution in [0.5, 0.6) is 5.75 Å². The van der Waals surface area contributed by atoms with E-state index in [9.17, 15) is 5.11 Å². The van der Waals surface area contributed by atoms with Gasteiger partial charge in [0, 0.05) is 6.04 Å². The van der Waals surface area contributed by atoms with Gasteiger partial charge in [-0.3, -0.25) is 0 Å². The molecule has 0 radical (unpaired) electrons. The van der Waals surface area contributed by atoms with Crippen LogP contribution >= 0.6 is 0 Å². The molecule has 1 aromatic rings. The minimum Gasteiger partial charge on any atom is -0.508 e. The van der Waals surface area contributed by atoms with E-state index in [1.54, 1.807) is 12.1 Å². The maximum absolute atomic E-state index is 9.18. The number of piperidine rings is 1. The Bertz CT molecular complexity index is 286. The van der Waals surface area contributed by atoms with E-state index in [1.165, 1.54) is 18.4 Å². The lowest BCUT2D eigenvalue weighted by atomic mass is 9.92. The summed E-state index contributed by atoms with van der Waals surface area (Å²) in [4.78, 5) is 0. The van der Waals surface area contributed by atoms with Crippen LogP contribution in [0.4, 0.5) is 0 Å². The second-order valence-corrected chi connectivity index (χ2v) is 4.23. The molecule has 1 aromatic carbocycles. The molecule has 2 atom stereocenters. The average Bonchev–Trinajstić information content (AvgIpc) is 2.21. The molecule has 2 N–H and O–H groups in total. The van der Waals surface area contributed by atoms with Crippen LogP contribution in [0.2, 0.25) is 0 Å². The molecule has 76 valence electrons. The monoisotopic (exact) mass is 191 g/mol. The smallest absolute Gasteiger partial charge is 0.115 e. The highest BCUT2D eigenvalue weighted by Gasteiger charge is 2.18. The van der Waals surface area contributed by atoms with Crippen LogP contribution in [0, 0.1) is 5.92 Å². The van der Waals surface area contributed by atoms with Gasteiger partial charge in [0.15, 0.2) is 0 Å². The molecule has 1 aliphatic rings. The molecular weight excluding hydrogens is 174 g/mol. The number of phenolic OH excluding ortho intramolecular Hbond substituents is 1. The topological polar surface area (TPSA) is 32.3 Å². The van der Waals surface area contributed by atoms with Gasteiger partial charge in [0.25, 0.3) is 0 Å². The first-order chi connectivity index (χ1) is 6.75. The summed E-state index contributed by atoms with van der Waals surface area (Å²) in [6.07, 6.45) is 2.49. The van der Waals surface area contributed by atoms with Crippen molar-refractivity contribution in [3.05, 3.63) is 29.8 Å². The molecule has 1 saturated heterocycles. The summed E-state index contributed by atoms with van der Waals surface area (Å²) in [7, 11) is 0. The molecule has 1 heterocycles. The lowest BCUT2D eigenvalue weighted by Gasteiger charge is -2.28. The Balaban J connectivity index is 2.05. The Morgan fingerprint density at radius 1 is 1.21 bits per heavy atom. The highest BCUT2D eigenvalue weighted by atomic mass is 16.3. The third-order valence-electron chi connectivity index (χ3n) is 2.96. The van der Waals surface area contributed by atoms with Gasteiger partial charge in [-0.1, -0.05) is 19.1 Å². The minimum absolute atomic E-state index is 0.345. The molecule has 0 saturated carbocycles. The van der Waals surface area contributed by atoms with Gasteiger partial charge in [-0.25, -0.2) is 0 Å². The van der Waals surface area contributed by atoms with Crippen LogP contribution < -0.4 is 5.32 Å². The van der Waals surface area contributed by atoms with Crippen molar-refractivity contribution in [1.29, 1.82) is 0 Å². The number of nitrogens with one attached hydrogen (secondary N) is 1. The molecule has 0 unspecified atom stereocenters. The maximum atomic E-state index is 9.18. The van der Waals surface area contributed by atoms with Gasteiger partial charge in [0.2, 0.25) is 0 Å². The highest BCUT2D eigenvalue weighted by molar-refractivity contribution is 5.28. The van der Waals surface area contributed by atoms with Crippen molar-refractivity contribution < 1.29 is 5.11 Å². The van der Waals surface area contributed by atoms with Gasteiger partial charge >= 0.3 is 0 Å². The van der Waals surface area contributed by atoms with E-state index >= 15 is 0 Å². The minimum atomic E-state index is 0.345. The van der Waals surface area contributed by atoms with Gasteiger partial charge in [-0.2, -0.15) is 0 Å². The van der Waals surface area contributed by atoms with Crippen molar-refractivity contribution in [2.75, 3.05) is 6.54 Å². The predicted octanol–water partition coefficient (Wildman–Crippen LogP) is 2.45. The molecule has 2 heteroatoms. The van der Waals surface area contributed by atoms with Crippen LogP contribution in [0.15, 0.2) is 24.3 Å². The first-order valence-corrected chi connectivity index (χ1v) is 5.28. The lowest BCUT2D eigenvalue weighted by molar-refractivity contribution is 0.333.